The zero-order valence-electron chi connectivity index (χ0n) is 11.8. The molecule has 0 spiro atoms. The van der Waals surface area contributed by atoms with Crippen LogP contribution in [0.3, 0.4) is 0 Å². The van der Waals surface area contributed by atoms with Gasteiger partial charge in [0.15, 0.2) is 0 Å². The van der Waals surface area contributed by atoms with Crippen molar-refractivity contribution < 1.29 is 9.53 Å². The molecule has 1 saturated heterocycles. The van der Waals surface area contributed by atoms with Crippen LogP contribution in [0.15, 0.2) is 0 Å². The van der Waals surface area contributed by atoms with Crippen LogP contribution in [0.1, 0.15) is 31.2 Å². The van der Waals surface area contributed by atoms with Gasteiger partial charge in [0.1, 0.15) is 6.54 Å². The van der Waals surface area contributed by atoms with Crippen molar-refractivity contribution in [2.45, 2.75) is 45.8 Å². The predicted molar refractivity (Wildman–Crippen MR) is 72.7 cm³/mol. The molecule has 6 heteroatoms. The van der Waals surface area contributed by atoms with E-state index in [0.29, 0.717) is 12.2 Å². The van der Waals surface area contributed by atoms with Crippen LogP contribution in [0.4, 0.5) is 5.69 Å². The molecule has 1 aliphatic heterocycles. The number of hydrogen-bond donors (Lipinski definition) is 2. The molecule has 1 aromatic rings. The summed E-state index contributed by atoms with van der Waals surface area (Å²) in [6.07, 6.45) is 2.04. The Labute approximate surface area is 113 Å². The molecule has 106 valence electrons. The largest absolute Gasteiger partial charge is 0.396 e. The van der Waals surface area contributed by atoms with Crippen molar-refractivity contribution in [1.82, 2.24) is 15.1 Å². The number of ether oxygens (including phenoxy) is 1. The van der Waals surface area contributed by atoms with Gasteiger partial charge < -0.3 is 15.8 Å². The third kappa shape index (κ3) is 3.07. The van der Waals surface area contributed by atoms with Crippen LogP contribution < -0.4 is 11.1 Å². The van der Waals surface area contributed by atoms with E-state index in [0.717, 1.165) is 30.8 Å². The third-order valence-electron chi connectivity index (χ3n) is 3.69. The maximum Gasteiger partial charge on any atom is 0.241 e. The number of carbonyl (C=O) groups is 1. The number of nitrogens with zero attached hydrogens (tertiary/aromatic N) is 2. The number of aryl methyl sites for hydroxylation is 1. The van der Waals surface area contributed by atoms with Crippen LogP contribution in [0.5, 0.6) is 0 Å². The highest BCUT2D eigenvalue weighted by atomic mass is 16.5. The van der Waals surface area contributed by atoms with Crippen molar-refractivity contribution in [2.75, 3.05) is 18.9 Å². The molecule has 1 aromatic heterocycles. The standard InChI is InChI=1S/C13H22N4O2/c1-9-12(14)10(2)17(16-9)7-11(18)15-8-13(3)5-4-6-19-13/h4-8,14H2,1-3H3,(H,15,18). The SMILES string of the molecule is Cc1nn(CC(=O)NCC2(C)CCCO2)c(C)c1N. The van der Waals surface area contributed by atoms with Crippen molar-refractivity contribution in [3.63, 3.8) is 0 Å². The van der Waals surface area contributed by atoms with Gasteiger partial charge in [-0.05, 0) is 33.6 Å². The molecule has 0 aliphatic carbocycles. The van der Waals surface area contributed by atoms with Crippen LogP contribution in [0.2, 0.25) is 0 Å². The fraction of sp³-hybridized carbons (Fsp3) is 0.692. The zero-order chi connectivity index (χ0) is 14.0. The Morgan fingerprint density at radius 2 is 2.32 bits per heavy atom. The second-order valence-corrected chi connectivity index (χ2v) is 5.42. The minimum atomic E-state index is -0.218. The molecule has 1 aliphatic rings. The molecular weight excluding hydrogens is 244 g/mol. The second kappa shape index (κ2) is 5.21. The number of rotatable bonds is 4. The highest BCUT2D eigenvalue weighted by Crippen LogP contribution is 2.23. The average Bonchev–Trinajstić information content (AvgIpc) is 2.89. The van der Waals surface area contributed by atoms with Crippen molar-refractivity contribution in [3.05, 3.63) is 11.4 Å². The number of amides is 1. The van der Waals surface area contributed by atoms with E-state index in [2.05, 4.69) is 10.4 Å². The summed E-state index contributed by atoms with van der Waals surface area (Å²) in [7, 11) is 0. The fourth-order valence-electron chi connectivity index (χ4n) is 2.32. The van der Waals surface area contributed by atoms with Crippen LogP contribution in [-0.2, 0) is 16.1 Å². The number of nitrogens with two attached hydrogens (primary N) is 1. The number of aromatic nitrogens is 2. The molecule has 0 saturated carbocycles. The fourth-order valence-corrected chi connectivity index (χ4v) is 2.32. The number of nitrogen functional groups attached to an aromatic ring is 1. The van der Waals surface area contributed by atoms with Gasteiger partial charge in [0.05, 0.1) is 22.7 Å². The van der Waals surface area contributed by atoms with E-state index in [1.165, 1.54) is 0 Å². The van der Waals surface area contributed by atoms with E-state index in [1.54, 1.807) is 4.68 Å². The summed E-state index contributed by atoms with van der Waals surface area (Å²) in [6.45, 7) is 7.25. The molecule has 1 unspecified atom stereocenters. The first kappa shape index (κ1) is 13.9. The van der Waals surface area contributed by atoms with E-state index in [9.17, 15) is 4.79 Å². The van der Waals surface area contributed by atoms with Gasteiger partial charge in [-0.2, -0.15) is 5.10 Å². The molecule has 3 N–H and O–H groups in total. The lowest BCUT2D eigenvalue weighted by Crippen LogP contribution is -2.41. The monoisotopic (exact) mass is 266 g/mol. The molecule has 2 heterocycles. The normalized spacial score (nSPS) is 22.7. The number of nitrogens with one attached hydrogen (secondary N) is 1. The Morgan fingerprint density at radius 1 is 1.58 bits per heavy atom. The molecule has 0 aromatic carbocycles. The Hall–Kier alpha value is -1.56. The summed E-state index contributed by atoms with van der Waals surface area (Å²) in [4.78, 5) is 11.9. The Morgan fingerprint density at radius 3 is 2.84 bits per heavy atom. The molecule has 1 amide bonds. The average molecular weight is 266 g/mol. The Kier molecular flexibility index (Phi) is 3.80. The Balaban J connectivity index is 1.89. The maximum atomic E-state index is 11.9. The lowest BCUT2D eigenvalue weighted by molar-refractivity contribution is -0.123. The van der Waals surface area contributed by atoms with Gasteiger partial charge in [-0.15, -0.1) is 0 Å². The molecule has 6 nitrogen and oxygen atoms in total. The second-order valence-electron chi connectivity index (χ2n) is 5.42. The lowest BCUT2D eigenvalue weighted by Gasteiger charge is -2.23. The van der Waals surface area contributed by atoms with Gasteiger partial charge in [-0.1, -0.05) is 0 Å². The molecule has 2 rings (SSSR count). The summed E-state index contributed by atoms with van der Waals surface area (Å²) in [6, 6.07) is 0. The lowest BCUT2D eigenvalue weighted by atomic mass is 10.0. The number of hydrogen-bond acceptors (Lipinski definition) is 4. The predicted octanol–water partition coefficient (Wildman–Crippen LogP) is 0.767. The maximum absolute atomic E-state index is 11.9. The summed E-state index contributed by atoms with van der Waals surface area (Å²) in [5, 5.41) is 7.15. The van der Waals surface area contributed by atoms with Gasteiger partial charge in [0.2, 0.25) is 5.91 Å². The minimum absolute atomic E-state index is 0.0673. The first-order chi connectivity index (χ1) is 8.91. The van der Waals surface area contributed by atoms with Crippen LogP contribution in [-0.4, -0.2) is 34.4 Å². The number of carbonyl (C=O) groups excluding carboxylic acids is 1. The first-order valence-electron chi connectivity index (χ1n) is 6.61. The minimum Gasteiger partial charge on any atom is -0.396 e. The topological polar surface area (TPSA) is 82.2 Å². The van der Waals surface area contributed by atoms with Gasteiger partial charge in [0, 0.05) is 13.2 Å². The molecular formula is C13H22N4O2. The highest BCUT2D eigenvalue weighted by Gasteiger charge is 2.30. The molecule has 0 radical (unpaired) electrons. The quantitative estimate of drug-likeness (QED) is 0.843. The van der Waals surface area contributed by atoms with E-state index in [1.807, 2.05) is 20.8 Å². The summed E-state index contributed by atoms with van der Waals surface area (Å²) in [5.41, 5.74) is 7.86. The molecule has 1 atom stereocenters. The highest BCUT2D eigenvalue weighted by molar-refractivity contribution is 5.76. The Bertz CT molecular complexity index is 475. The molecule has 1 fully saturated rings. The van der Waals surface area contributed by atoms with Gasteiger partial charge in [0.25, 0.3) is 0 Å². The van der Waals surface area contributed by atoms with E-state index < -0.39 is 0 Å². The zero-order valence-corrected chi connectivity index (χ0v) is 11.8. The number of anilines is 1. The smallest absolute Gasteiger partial charge is 0.241 e. The molecule has 19 heavy (non-hydrogen) atoms. The van der Waals surface area contributed by atoms with Crippen molar-refractivity contribution in [3.8, 4) is 0 Å². The van der Waals surface area contributed by atoms with Crippen LogP contribution >= 0.6 is 0 Å². The van der Waals surface area contributed by atoms with Crippen molar-refractivity contribution >= 4 is 11.6 Å². The van der Waals surface area contributed by atoms with Gasteiger partial charge in [-0.25, -0.2) is 0 Å². The van der Waals surface area contributed by atoms with E-state index in [4.69, 9.17) is 10.5 Å². The van der Waals surface area contributed by atoms with E-state index in [-0.39, 0.29) is 18.1 Å². The third-order valence-corrected chi connectivity index (χ3v) is 3.69. The van der Waals surface area contributed by atoms with E-state index >= 15 is 0 Å². The van der Waals surface area contributed by atoms with Crippen molar-refractivity contribution in [2.24, 2.45) is 0 Å². The summed E-state index contributed by atoms with van der Waals surface area (Å²) >= 11 is 0. The summed E-state index contributed by atoms with van der Waals surface area (Å²) < 4.78 is 7.27. The van der Waals surface area contributed by atoms with Gasteiger partial charge in [-0.3, -0.25) is 9.48 Å². The van der Waals surface area contributed by atoms with Crippen LogP contribution in [0, 0.1) is 13.8 Å². The van der Waals surface area contributed by atoms with Gasteiger partial charge >= 0.3 is 0 Å². The van der Waals surface area contributed by atoms with Crippen molar-refractivity contribution in [1.29, 1.82) is 0 Å². The summed E-state index contributed by atoms with van der Waals surface area (Å²) in [5.74, 6) is -0.0673. The molecule has 0 bridgehead atoms. The first-order valence-corrected chi connectivity index (χ1v) is 6.61. The van der Waals surface area contributed by atoms with Crippen LogP contribution in [0.25, 0.3) is 0 Å².